The molecule has 0 bridgehead atoms. The van der Waals surface area contributed by atoms with Crippen LogP contribution in [0.25, 0.3) is 0 Å². The minimum atomic E-state index is -0.537. The van der Waals surface area contributed by atoms with Crippen molar-refractivity contribution in [2.75, 3.05) is 13.1 Å². The van der Waals surface area contributed by atoms with E-state index < -0.39 is 23.4 Å². The zero-order valence-corrected chi connectivity index (χ0v) is 14.0. The summed E-state index contributed by atoms with van der Waals surface area (Å²) in [7, 11) is 0. The molecule has 6 heteroatoms. The maximum absolute atomic E-state index is 11.3. The SMILES string of the molecule is CC(C)(C)OC(=O)NCC#CC#CCNC(=O)OC(C)(C)C. The zero-order valence-electron chi connectivity index (χ0n) is 14.0. The highest BCUT2D eigenvalue weighted by Crippen LogP contribution is 2.06. The molecule has 0 aromatic heterocycles. The molecule has 2 amide bonds. The van der Waals surface area contributed by atoms with Crippen LogP contribution in [-0.4, -0.2) is 36.5 Å². The van der Waals surface area contributed by atoms with Crippen molar-refractivity contribution >= 4 is 12.2 Å². The van der Waals surface area contributed by atoms with Crippen LogP contribution in [0.5, 0.6) is 0 Å². The molecule has 0 aromatic rings. The first kappa shape index (κ1) is 19.7. The quantitative estimate of drug-likeness (QED) is 0.765. The van der Waals surface area contributed by atoms with Crippen molar-refractivity contribution < 1.29 is 19.1 Å². The topological polar surface area (TPSA) is 76.7 Å². The van der Waals surface area contributed by atoms with Crippen LogP contribution in [0.3, 0.4) is 0 Å². The first-order valence-electron chi connectivity index (χ1n) is 6.89. The number of carbonyl (C=O) groups excluding carboxylic acids is 2. The van der Waals surface area contributed by atoms with Gasteiger partial charge in [-0.1, -0.05) is 11.8 Å². The molecule has 122 valence electrons. The summed E-state index contributed by atoms with van der Waals surface area (Å²) >= 11 is 0. The standard InChI is InChI=1S/C16H24N2O4/c1-15(2,3)21-13(19)17-11-9-7-8-10-12-18-14(20)22-16(4,5)6/h11-12H2,1-6H3,(H,17,19)(H,18,20). The van der Waals surface area contributed by atoms with Gasteiger partial charge in [-0.05, 0) is 53.4 Å². The smallest absolute Gasteiger partial charge is 0.408 e. The average Bonchev–Trinajstić information content (AvgIpc) is 2.27. The molecule has 0 atom stereocenters. The number of ether oxygens (including phenoxy) is 2. The van der Waals surface area contributed by atoms with Crippen LogP contribution in [0.15, 0.2) is 0 Å². The molecule has 0 fully saturated rings. The molecule has 0 unspecified atom stereocenters. The second kappa shape index (κ2) is 8.84. The van der Waals surface area contributed by atoms with Crippen LogP contribution in [0, 0.1) is 23.7 Å². The second-order valence-electron chi connectivity index (χ2n) is 6.31. The summed E-state index contributed by atoms with van der Waals surface area (Å²) in [6.45, 7) is 11.0. The van der Waals surface area contributed by atoms with Gasteiger partial charge in [0.25, 0.3) is 0 Å². The fourth-order valence-electron chi connectivity index (χ4n) is 1.04. The average molecular weight is 308 g/mol. The lowest BCUT2D eigenvalue weighted by Crippen LogP contribution is -2.32. The number of rotatable bonds is 2. The van der Waals surface area contributed by atoms with E-state index in [0.717, 1.165) is 0 Å². The van der Waals surface area contributed by atoms with Crippen LogP contribution in [0.4, 0.5) is 9.59 Å². The van der Waals surface area contributed by atoms with Crippen molar-refractivity contribution in [3.8, 4) is 23.7 Å². The van der Waals surface area contributed by atoms with Gasteiger partial charge in [0.1, 0.15) is 11.2 Å². The molecule has 0 aliphatic heterocycles. The Labute approximate surface area is 132 Å². The number of alkyl carbamates (subject to hydrolysis) is 2. The van der Waals surface area contributed by atoms with E-state index in [4.69, 9.17) is 9.47 Å². The number of hydrogen-bond donors (Lipinski definition) is 2. The molecule has 22 heavy (non-hydrogen) atoms. The zero-order chi connectivity index (χ0) is 17.2. The molecule has 0 aromatic carbocycles. The summed E-state index contributed by atoms with van der Waals surface area (Å²) in [5.74, 6) is 10.4. The monoisotopic (exact) mass is 308 g/mol. The van der Waals surface area contributed by atoms with Gasteiger partial charge >= 0.3 is 12.2 Å². The Bertz CT molecular complexity index is 457. The van der Waals surface area contributed by atoms with E-state index in [2.05, 4.69) is 34.3 Å². The summed E-state index contributed by atoms with van der Waals surface area (Å²) in [4.78, 5) is 22.6. The Morgan fingerprint density at radius 3 is 1.36 bits per heavy atom. The van der Waals surface area contributed by atoms with Gasteiger partial charge in [0.05, 0.1) is 13.1 Å². The molecular formula is C16H24N2O4. The molecule has 0 aliphatic carbocycles. The summed E-state index contributed by atoms with van der Waals surface area (Å²) < 4.78 is 10.1. The van der Waals surface area contributed by atoms with Gasteiger partial charge in [-0.2, -0.15) is 0 Å². The Hall–Kier alpha value is -2.34. The van der Waals surface area contributed by atoms with Gasteiger partial charge in [0, 0.05) is 0 Å². The van der Waals surface area contributed by atoms with Gasteiger partial charge in [-0.15, -0.1) is 0 Å². The van der Waals surface area contributed by atoms with Crippen LogP contribution < -0.4 is 10.6 Å². The Kier molecular flexibility index (Phi) is 7.90. The first-order valence-corrected chi connectivity index (χ1v) is 6.89. The molecule has 0 heterocycles. The highest BCUT2D eigenvalue weighted by atomic mass is 16.6. The Morgan fingerprint density at radius 2 is 1.09 bits per heavy atom. The van der Waals surface area contributed by atoms with E-state index in [-0.39, 0.29) is 13.1 Å². The van der Waals surface area contributed by atoms with E-state index in [1.165, 1.54) is 0 Å². The van der Waals surface area contributed by atoms with Crippen LogP contribution in [0.2, 0.25) is 0 Å². The number of nitrogens with one attached hydrogen (secondary N) is 2. The van der Waals surface area contributed by atoms with E-state index in [0.29, 0.717) is 0 Å². The normalized spacial score (nSPS) is 10.3. The van der Waals surface area contributed by atoms with E-state index in [1.807, 2.05) is 0 Å². The fourth-order valence-corrected chi connectivity index (χ4v) is 1.04. The molecule has 0 saturated heterocycles. The minimum absolute atomic E-state index is 0.142. The molecule has 6 nitrogen and oxygen atoms in total. The molecule has 0 radical (unpaired) electrons. The lowest BCUT2D eigenvalue weighted by atomic mass is 10.2. The van der Waals surface area contributed by atoms with Gasteiger partial charge in [0.15, 0.2) is 0 Å². The molecule has 0 rings (SSSR count). The van der Waals surface area contributed by atoms with Gasteiger partial charge in [0.2, 0.25) is 0 Å². The Morgan fingerprint density at radius 1 is 0.773 bits per heavy atom. The van der Waals surface area contributed by atoms with Crippen molar-refractivity contribution in [2.24, 2.45) is 0 Å². The van der Waals surface area contributed by atoms with Gasteiger partial charge in [-0.3, -0.25) is 0 Å². The minimum Gasteiger partial charge on any atom is -0.444 e. The molecular weight excluding hydrogens is 284 g/mol. The molecule has 0 aliphatic rings. The van der Waals surface area contributed by atoms with Crippen molar-refractivity contribution in [3.05, 3.63) is 0 Å². The molecule has 0 saturated carbocycles. The second-order valence-corrected chi connectivity index (χ2v) is 6.31. The predicted octanol–water partition coefficient (Wildman–Crippen LogP) is 2.04. The van der Waals surface area contributed by atoms with Crippen LogP contribution in [-0.2, 0) is 9.47 Å². The van der Waals surface area contributed by atoms with Crippen LogP contribution in [0.1, 0.15) is 41.5 Å². The van der Waals surface area contributed by atoms with Gasteiger partial charge < -0.3 is 20.1 Å². The largest absolute Gasteiger partial charge is 0.444 e. The Balaban J connectivity index is 3.90. The maximum Gasteiger partial charge on any atom is 0.408 e. The summed E-state index contributed by atoms with van der Waals surface area (Å²) in [6, 6.07) is 0. The van der Waals surface area contributed by atoms with E-state index in [9.17, 15) is 9.59 Å². The third-order valence-corrected chi connectivity index (χ3v) is 1.68. The maximum atomic E-state index is 11.3. The first-order chi connectivity index (χ1) is 9.99. The lowest BCUT2D eigenvalue weighted by Gasteiger charge is -2.19. The van der Waals surface area contributed by atoms with Gasteiger partial charge in [-0.25, -0.2) is 9.59 Å². The number of amides is 2. The molecule has 0 spiro atoms. The fraction of sp³-hybridized carbons (Fsp3) is 0.625. The lowest BCUT2D eigenvalue weighted by molar-refractivity contribution is 0.0523. The molecule has 2 N–H and O–H groups in total. The third kappa shape index (κ3) is 14.1. The highest BCUT2D eigenvalue weighted by Gasteiger charge is 2.15. The summed E-state index contributed by atoms with van der Waals surface area (Å²) in [6.07, 6.45) is -1.05. The third-order valence-electron chi connectivity index (χ3n) is 1.68. The predicted molar refractivity (Wildman–Crippen MR) is 84.0 cm³/mol. The van der Waals surface area contributed by atoms with E-state index in [1.54, 1.807) is 41.5 Å². The van der Waals surface area contributed by atoms with Crippen molar-refractivity contribution in [1.29, 1.82) is 0 Å². The van der Waals surface area contributed by atoms with Crippen molar-refractivity contribution in [2.45, 2.75) is 52.7 Å². The van der Waals surface area contributed by atoms with E-state index >= 15 is 0 Å². The van der Waals surface area contributed by atoms with Crippen molar-refractivity contribution in [3.63, 3.8) is 0 Å². The summed E-state index contributed by atoms with van der Waals surface area (Å²) in [5.41, 5.74) is -1.07. The van der Waals surface area contributed by atoms with Crippen molar-refractivity contribution in [1.82, 2.24) is 10.6 Å². The highest BCUT2D eigenvalue weighted by molar-refractivity contribution is 5.68. The summed E-state index contributed by atoms with van der Waals surface area (Å²) in [5, 5.41) is 4.96. The number of carbonyl (C=O) groups is 2. The number of hydrogen-bond acceptors (Lipinski definition) is 4. The van der Waals surface area contributed by atoms with Crippen LogP contribution >= 0.6 is 0 Å².